The van der Waals surface area contributed by atoms with E-state index in [9.17, 15) is 10.4 Å². The molecule has 0 N–H and O–H groups in total. The van der Waals surface area contributed by atoms with Crippen LogP contribution < -0.4 is 9.46 Å². The van der Waals surface area contributed by atoms with Gasteiger partial charge in [-0.25, -0.2) is 18.6 Å². The van der Waals surface area contributed by atoms with Gasteiger partial charge in [-0.05, 0) is 25.7 Å². The molecule has 0 saturated heterocycles. The van der Waals surface area contributed by atoms with E-state index < -0.39 is 0 Å². The van der Waals surface area contributed by atoms with Crippen LogP contribution in [0, 0.1) is 10.4 Å². The fourth-order valence-electron chi connectivity index (χ4n) is 6.64. The number of benzene rings is 4. The van der Waals surface area contributed by atoms with Crippen molar-refractivity contribution in [2.24, 2.45) is 0 Å². The molecule has 6 heteroatoms. The van der Waals surface area contributed by atoms with Gasteiger partial charge in [0.1, 0.15) is 12.1 Å². The van der Waals surface area contributed by atoms with Gasteiger partial charge in [-0.3, -0.25) is 0 Å². The van der Waals surface area contributed by atoms with E-state index in [0.717, 1.165) is 68.8 Å². The molecule has 2 heterocycles. The van der Waals surface area contributed by atoms with Crippen LogP contribution in [0.3, 0.4) is 0 Å². The lowest BCUT2D eigenvalue weighted by Gasteiger charge is -2.28. The SMILES string of the molecule is [O-][n+]1cn([C@@H]2CCCC[C@H]2n2c[n+]([O-])c(-c3ccccc3)c2-c2ccccc2)c(-c2ccccc2)c1-c1ccccc1. The number of aromatic nitrogens is 4. The summed E-state index contributed by atoms with van der Waals surface area (Å²) < 4.78 is 6.39. The van der Waals surface area contributed by atoms with Gasteiger partial charge in [-0.2, -0.15) is 0 Å². The Morgan fingerprint density at radius 2 is 0.762 bits per heavy atom. The van der Waals surface area contributed by atoms with Gasteiger partial charge < -0.3 is 10.4 Å². The predicted molar refractivity (Wildman–Crippen MR) is 165 cm³/mol. The molecule has 0 amide bonds. The number of hydrogen-bond donors (Lipinski definition) is 0. The molecule has 2 aromatic heterocycles. The quantitative estimate of drug-likeness (QED) is 0.158. The summed E-state index contributed by atoms with van der Waals surface area (Å²) in [5.74, 6) is 0. The van der Waals surface area contributed by atoms with E-state index in [4.69, 9.17) is 0 Å². The van der Waals surface area contributed by atoms with Gasteiger partial charge in [0.15, 0.2) is 22.8 Å². The lowest BCUT2D eigenvalue weighted by Crippen LogP contribution is -2.30. The zero-order valence-electron chi connectivity index (χ0n) is 23.3. The van der Waals surface area contributed by atoms with Crippen molar-refractivity contribution in [1.82, 2.24) is 9.13 Å². The monoisotopic (exact) mass is 552 g/mol. The molecule has 0 unspecified atom stereocenters. The molecular formula is C36H32N4O2. The Kier molecular flexibility index (Phi) is 6.80. The van der Waals surface area contributed by atoms with Crippen LogP contribution in [0.4, 0.5) is 0 Å². The topological polar surface area (TPSA) is 63.7 Å². The second-order valence-electron chi connectivity index (χ2n) is 11.0. The van der Waals surface area contributed by atoms with E-state index in [0.29, 0.717) is 11.4 Å². The normalized spacial score (nSPS) is 16.9. The molecule has 6 nitrogen and oxygen atoms in total. The molecule has 208 valence electrons. The van der Waals surface area contributed by atoms with Crippen molar-refractivity contribution in [3.8, 4) is 45.0 Å². The minimum absolute atomic E-state index is 0.0231. The van der Waals surface area contributed by atoms with E-state index in [2.05, 4.69) is 33.4 Å². The smallest absolute Gasteiger partial charge is 0.248 e. The molecule has 7 rings (SSSR count). The third kappa shape index (κ3) is 4.55. The van der Waals surface area contributed by atoms with Crippen LogP contribution in [0.1, 0.15) is 37.8 Å². The highest BCUT2D eigenvalue weighted by Gasteiger charge is 2.41. The van der Waals surface area contributed by atoms with Crippen LogP contribution in [0.5, 0.6) is 0 Å². The van der Waals surface area contributed by atoms with Gasteiger partial charge in [0.25, 0.3) is 0 Å². The summed E-state index contributed by atoms with van der Waals surface area (Å²) in [5.41, 5.74) is 6.85. The van der Waals surface area contributed by atoms with Crippen molar-refractivity contribution in [3.05, 3.63) is 144 Å². The first-order valence-corrected chi connectivity index (χ1v) is 14.6. The maximum Gasteiger partial charge on any atom is 0.248 e. The fraction of sp³-hybridized carbons (Fsp3) is 0.167. The lowest BCUT2D eigenvalue weighted by molar-refractivity contribution is -0.594. The predicted octanol–water partition coefficient (Wildman–Crippen LogP) is 7.58. The first-order valence-electron chi connectivity index (χ1n) is 14.6. The average Bonchev–Trinajstić information content (AvgIpc) is 3.59. The molecule has 0 radical (unpaired) electrons. The Bertz CT molecular complexity index is 1660. The number of imidazole rings is 2. The molecule has 4 aromatic carbocycles. The maximum absolute atomic E-state index is 13.7. The van der Waals surface area contributed by atoms with E-state index in [1.807, 2.05) is 97.1 Å². The first-order chi connectivity index (χ1) is 20.7. The van der Waals surface area contributed by atoms with Gasteiger partial charge in [0.05, 0.1) is 0 Å². The summed E-state index contributed by atoms with van der Waals surface area (Å²) in [6.07, 6.45) is 7.33. The summed E-state index contributed by atoms with van der Waals surface area (Å²) in [4.78, 5) is 0. The molecule has 0 bridgehead atoms. The largest absolute Gasteiger partial charge is 0.710 e. The van der Waals surface area contributed by atoms with Gasteiger partial charge >= 0.3 is 0 Å². The minimum Gasteiger partial charge on any atom is -0.710 e. The van der Waals surface area contributed by atoms with Crippen molar-refractivity contribution < 1.29 is 9.46 Å². The molecule has 6 aromatic rings. The van der Waals surface area contributed by atoms with Gasteiger partial charge in [-0.15, -0.1) is 0 Å². The van der Waals surface area contributed by atoms with Crippen molar-refractivity contribution in [2.45, 2.75) is 37.8 Å². The number of nitrogens with zero attached hydrogens (tertiary/aromatic N) is 4. The molecule has 1 fully saturated rings. The molecular weight excluding hydrogens is 520 g/mol. The first kappa shape index (κ1) is 25.8. The van der Waals surface area contributed by atoms with Gasteiger partial charge in [-0.1, -0.05) is 121 Å². The number of rotatable bonds is 6. The molecule has 0 spiro atoms. The highest BCUT2D eigenvalue weighted by molar-refractivity contribution is 5.78. The second-order valence-corrected chi connectivity index (χ2v) is 11.0. The minimum atomic E-state index is -0.0231. The van der Waals surface area contributed by atoms with Gasteiger partial charge in [0, 0.05) is 22.3 Å². The van der Waals surface area contributed by atoms with Crippen molar-refractivity contribution in [3.63, 3.8) is 0 Å². The molecule has 1 aliphatic carbocycles. The van der Waals surface area contributed by atoms with Crippen LogP contribution in [-0.2, 0) is 0 Å². The molecule has 0 aliphatic heterocycles. The maximum atomic E-state index is 13.7. The molecule has 42 heavy (non-hydrogen) atoms. The average molecular weight is 553 g/mol. The zero-order valence-corrected chi connectivity index (χ0v) is 23.3. The Labute approximate surface area is 245 Å². The van der Waals surface area contributed by atoms with E-state index in [-0.39, 0.29) is 12.1 Å². The summed E-state index contributed by atoms with van der Waals surface area (Å²) in [6.45, 7) is 0. The van der Waals surface area contributed by atoms with Crippen LogP contribution in [-0.4, -0.2) is 9.13 Å². The third-order valence-electron chi connectivity index (χ3n) is 8.46. The molecule has 2 atom stereocenters. The van der Waals surface area contributed by atoms with Gasteiger partial charge in [0.2, 0.25) is 12.7 Å². The zero-order chi connectivity index (χ0) is 28.5. The Hall–Kier alpha value is -5.10. The highest BCUT2D eigenvalue weighted by atomic mass is 16.5. The fourth-order valence-corrected chi connectivity index (χ4v) is 6.64. The number of hydrogen-bond acceptors (Lipinski definition) is 2. The summed E-state index contributed by atoms with van der Waals surface area (Å²) in [5, 5.41) is 27.4. The van der Waals surface area contributed by atoms with Crippen molar-refractivity contribution in [1.29, 1.82) is 0 Å². The van der Waals surface area contributed by atoms with E-state index in [1.54, 1.807) is 12.7 Å². The van der Waals surface area contributed by atoms with Crippen molar-refractivity contribution in [2.75, 3.05) is 0 Å². The summed E-state index contributed by atoms with van der Waals surface area (Å²) >= 11 is 0. The van der Waals surface area contributed by atoms with Crippen LogP contribution in [0.2, 0.25) is 0 Å². The van der Waals surface area contributed by atoms with Crippen LogP contribution in [0.15, 0.2) is 134 Å². The van der Waals surface area contributed by atoms with Crippen molar-refractivity contribution >= 4 is 0 Å². The van der Waals surface area contributed by atoms with E-state index in [1.165, 1.54) is 0 Å². The summed E-state index contributed by atoms with van der Waals surface area (Å²) in [6, 6.07) is 40.1. The Morgan fingerprint density at radius 3 is 1.10 bits per heavy atom. The Morgan fingerprint density at radius 1 is 0.452 bits per heavy atom. The lowest BCUT2D eigenvalue weighted by atomic mass is 9.88. The van der Waals surface area contributed by atoms with Crippen LogP contribution in [0.25, 0.3) is 45.0 Å². The molecule has 1 saturated carbocycles. The van der Waals surface area contributed by atoms with Crippen LogP contribution >= 0.6 is 0 Å². The molecule has 1 aliphatic rings. The van der Waals surface area contributed by atoms with E-state index >= 15 is 0 Å². The standard InChI is InChI=1S/C36H32N4O2/c41-39-25-37(33(27-15-5-1-6-16-27)35(39)29-19-9-3-10-20-29)31-23-13-14-24-32(31)38-26-40(42)36(30-21-11-4-12-22-30)34(38)28-17-7-2-8-18-28/h1-12,15-22,25-26,31-32H,13-14,23-24H2/t31-,32-/m1/s1. The highest BCUT2D eigenvalue weighted by Crippen LogP contribution is 2.44. The Balaban J connectivity index is 1.44. The second kappa shape index (κ2) is 11.1. The third-order valence-corrected chi connectivity index (χ3v) is 8.46. The summed E-state index contributed by atoms with van der Waals surface area (Å²) in [7, 11) is 0.